The molecule has 0 saturated carbocycles. The van der Waals surface area contributed by atoms with Gasteiger partial charge in [0.1, 0.15) is 11.9 Å². The zero-order valence-corrected chi connectivity index (χ0v) is 16.3. The maximum atomic E-state index is 12.7. The highest BCUT2D eigenvalue weighted by molar-refractivity contribution is 9.10. The van der Waals surface area contributed by atoms with Gasteiger partial charge in [-0.3, -0.25) is 15.1 Å². The summed E-state index contributed by atoms with van der Waals surface area (Å²) in [6.07, 6.45) is 4.65. The third-order valence-corrected chi connectivity index (χ3v) is 5.44. The number of unbranched alkanes of at least 4 members (excludes halogenated alkanes) is 3. The zero-order valence-electron chi connectivity index (χ0n) is 13.9. The van der Waals surface area contributed by atoms with E-state index >= 15 is 0 Å². The molecule has 0 fully saturated rings. The number of amides is 1. The van der Waals surface area contributed by atoms with E-state index in [0.717, 1.165) is 27.2 Å². The number of amidine groups is 1. The van der Waals surface area contributed by atoms with Crippen LogP contribution in [0.5, 0.6) is 0 Å². The smallest absolute Gasteiger partial charge is 0.276 e. The lowest BCUT2D eigenvalue weighted by Crippen LogP contribution is -2.52. The number of halogens is 1. The minimum atomic E-state index is -0.185. The van der Waals surface area contributed by atoms with Crippen LogP contribution in [-0.2, 0) is 4.79 Å². The Morgan fingerprint density at radius 3 is 2.96 bits per heavy atom. The number of carbonyl (C=O) groups excluding carboxylic acids is 1. The number of nitrogens with one attached hydrogen (secondary N) is 1. The normalized spacial score (nSPS) is 19.2. The third-order valence-electron chi connectivity index (χ3n) is 3.99. The molecule has 0 spiro atoms. The van der Waals surface area contributed by atoms with Gasteiger partial charge in [0.05, 0.1) is 5.36 Å². The van der Waals surface area contributed by atoms with Gasteiger partial charge in [-0.25, -0.2) is 5.01 Å². The molecule has 24 heavy (non-hydrogen) atoms. The SMILES string of the molecule is CCCCCCSC1=NN2C(=c3cc(Br)ccc3=N[C@H]2C)C(=O)N1. The minimum Gasteiger partial charge on any atom is -0.298 e. The first-order valence-electron chi connectivity index (χ1n) is 8.30. The van der Waals surface area contributed by atoms with E-state index in [4.69, 9.17) is 0 Å². The number of thioether (sulfide) groups is 1. The molecule has 1 atom stereocenters. The summed E-state index contributed by atoms with van der Waals surface area (Å²) in [5, 5.41) is 11.6. The van der Waals surface area contributed by atoms with Gasteiger partial charge in [0, 0.05) is 15.4 Å². The maximum absolute atomic E-state index is 12.7. The molecular weight excluding hydrogens is 388 g/mol. The van der Waals surface area contributed by atoms with Crippen LogP contribution in [0.3, 0.4) is 0 Å². The van der Waals surface area contributed by atoms with Crippen molar-refractivity contribution in [3.63, 3.8) is 0 Å². The summed E-state index contributed by atoms with van der Waals surface area (Å²) in [5.74, 6) is 0.859. The van der Waals surface area contributed by atoms with E-state index in [9.17, 15) is 4.79 Å². The summed E-state index contributed by atoms with van der Waals surface area (Å²) in [6, 6.07) is 5.78. The number of nitrogens with zero attached hydrogens (tertiary/aromatic N) is 3. The van der Waals surface area contributed by atoms with E-state index in [-0.39, 0.29) is 12.1 Å². The van der Waals surface area contributed by atoms with Crippen LogP contribution in [0.4, 0.5) is 0 Å². The number of hydrogen-bond acceptors (Lipinski definition) is 5. The lowest BCUT2D eigenvalue weighted by atomic mass is 10.2. The summed E-state index contributed by atoms with van der Waals surface area (Å²) in [7, 11) is 0. The highest BCUT2D eigenvalue weighted by Crippen LogP contribution is 2.21. The summed E-state index contributed by atoms with van der Waals surface area (Å²) in [5.41, 5.74) is 0.573. The molecule has 0 aromatic heterocycles. The van der Waals surface area contributed by atoms with E-state index in [0.29, 0.717) is 10.9 Å². The van der Waals surface area contributed by atoms with Crippen molar-refractivity contribution in [3.8, 4) is 0 Å². The van der Waals surface area contributed by atoms with E-state index < -0.39 is 0 Å². The van der Waals surface area contributed by atoms with Crippen LogP contribution >= 0.6 is 27.7 Å². The summed E-state index contributed by atoms with van der Waals surface area (Å²) in [6.45, 7) is 4.16. The average Bonchev–Trinajstić information content (AvgIpc) is 2.55. The monoisotopic (exact) mass is 408 g/mol. The number of carbonyl (C=O) groups is 1. The van der Waals surface area contributed by atoms with E-state index in [2.05, 4.69) is 38.3 Å². The minimum absolute atomic E-state index is 0.109. The number of hydrogen-bond donors (Lipinski definition) is 1. The van der Waals surface area contributed by atoms with Crippen molar-refractivity contribution in [3.05, 3.63) is 33.2 Å². The fourth-order valence-electron chi connectivity index (χ4n) is 2.78. The summed E-state index contributed by atoms with van der Waals surface area (Å²) in [4.78, 5) is 17.3. The molecule has 1 N–H and O–H groups in total. The Kier molecular flexibility index (Phi) is 5.61. The van der Waals surface area contributed by atoms with Gasteiger partial charge < -0.3 is 0 Å². The quantitative estimate of drug-likeness (QED) is 0.761. The van der Waals surface area contributed by atoms with Crippen molar-refractivity contribution < 1.29 is 4.79 Å². The van der Waals surface area contributed by atoms with Crippen LogP contribution in [0.2, 0.25) is 0 Å². The summed E-state index contributed by atoms with van der Waals surface area (Å²) < 4.78 is 0.923. The molecule has 3 rings (SSSR count). The molecule has 2 aliphatic rings. The lowest BCUT2D eigenvalue weighted by molar-refractivity contribution is -0.116. The van der Waals surface area contributed by atoms with Crippen LogP contribution in [0.1, 0.15) is 39.5 Å². The molecule has 5 nitrogen and oxygen atoms in total. The molecule has 0 bridgehead atoms. The molecule has 2 heterocycles. The van der Waals surface area contributed by atoms with Gasteiger partial charge in [-0.15, -0.1) is 5.10 Å². The van der Waals surface area contributed by atoms with Crippen LogP contribution in [0.25, 0.3) is 5.70 Å². The average molecular weight is 409 g/mol. The molecule has 7 heteroatoms. The van der Waals surface area contributed by atoms with Crippen molar-refractivity contribution >= 4 is 44.5 Å². The third kappa shape index (κ3) is 3.67. The van der Waals surface area contributed by atoms with Gasteiger partial charge in [-0.1, -0.05) is 53.9 Å². The number of hydrazone groups is 1. The molecule has 0 unspecified atom stereocenters. The van der Waals surface area contributed by atoms with Crippen LogP contribution in [-0.4, -0.2) is 28.0 Å². The Balaban J connectivity index is 1.85. The van der Waals surface area contributed by atoms with Crippen molar-refractivity contribution in [2.24, 2.45) is 10.1 Å². The lowest BCUT2D eigenvalue weighted by Gasteiger charge is -2.32. The first-order chi connectivity index (χ1) is 11.6. The molecule has 0 radical (unpaired) electrons. The molecule has 0 aliphatic carbocycles. The van der Waals surface area contributed by atoms with Crippen molar-refractivity contribution in [2.45, 2.75) is 45.7 Å². The molecule has 0 saturated heterocycles. The molecule has 1 aromatic rings. The van der Waals surface area contributed by atoms with Crippen molar-refractivity contribution in [1.29, 1.82) is 0 Å². The Bertz CT molecular complexity index is 792. The molecule has 1 aromatic carbocycles. The van der Waals surface area contributed by atoms with E-state index in [1.54, 1.807) is 16.8 Å². The Morgan fingerprint density at radius 2 is 2.17 bits per heavy atom. The second kappa shape index (κ2) is 7.70. The standard InChI is InChI=1S/C17H21BrN4OS/c1-3-4-5-6-9-24-17-20-16(23)15-13-10-12(18)7-8-14(13)19-11(2)22(15)21-17/h7-8,10-11H,3-6,9H2,1-2H3,(H,20,21,23)/t11-/m1/s1. The van der Waals surface area contributed by atoms with Gasteiger partial charge in [0.25, 0.3) is 5.91 Å². The molecule has 128 valence electrons. The van der Waals surface area contributed by atoms with Gasteiger partial charge in [0.2, 0.25) is 0 Å². The van der Waals surface area contributed by atoms with Gasteiger partial charge in [-0.2, -0.15) is 0 Å². The molecule has 2 aliphatic heterocycles. The fraction of sp³-hybridized carbons (Fsp3) is 0.471. The van der Waals surface area contributed by atoms with Gasteiger partial charge >= 0.3 is 0 Å². The van der Waals surface area contributed by atoms with Crippen LogP contribution < -0.4 is 15.9 Å². The largest absolute Gasteiger partial charge is 0.298 e. The van der Waals surface area contributed by atoms with Gasteiger partial charge in [-0.05, 0) is 31.5 Å². The highest BCUT2D eigenvalue weighted by atomic mass is 79.9. The highest BCUT2D eigenvalue weighted by Gasteiger charge is 2.31. The predicted octanol–water partition coefficient (Wildman–Crippen LogP) is 2.55. The zero-order chi connectivity index (χ0) is 17.1. The first kappa shape index (κ1) is 17.5. The molecular formula is C17H21BrN4OS. The molecule has 1 amide bonds. The number of rotatable bonds is 5. The Labute approximate surface area is 154 Å². The second-order valence-corrected chi connectivity index (χ2v) is 7.88. The Morgan fingerprint density at radius 1 is 1.33 bits per heavy atom. The van der Waals surface area contributed by atoms with E-state index in [1.165, 1.54) is 19.3 Å². The summed E-state index contributed by atoms with van der Waals surface area (Å²) >= 11 is 5.07. The van der Waals surface area contributed by atoms with Crippen LogP contribution in [0, 0.1) is 0 Å². The maximum Gasteiger partial charge on any atom is 0.276 e. The second-order valence-electron chi connectivity index (χ2n) is 5.88. The van der Waals surface area contributed by atoms with E-state index in [1.807, 2.05) is 25.1 Å². The van der Waals surface area contributed by atoms with Crippen molar-refractivity contribution in [1.82, 2.24) is 10.3 Å². The fourth-order valence-corrected chi connectivity index (χ4v) is 3.99. The predicted molar refractivity (Wildman–Crippen MR) is 102 cm³/mol. The van der Waals surface area contributed by atoms with Gasteiger partial charge in [0.15, 0.2) is 5.17 Å². The number of fused-ring (bicyclic) bond motifs is 2. The van der Waals surface area contributed by atoms with Crippen molar-refractivity contribution in [2.75, 3.05) is 5.75 Å². The topological polar surface area (TPSA) is 57.1 Å². The first-order valence-corrected chi connectivity index (χ1v) is 10.1. The van der Waals surface area contributed by atoms with Crippen LogP contribution in [0.15, 0.2) is 32.8 Å². The Hall–Kier alpha value is -1.34. The number of benzene rings is 1.